The quantitative estimate of drug-likeness (QED) is 0.595. The van der Waals surface area contributed by atoms with Crippen LogP contribution < -0.4 is 0 Å². The van der Waals surface area contributed by atoms with Crippen molar-refractivity contribution in [1.82, 2.24) is 9.97 Å². The Morgan fingerprint density at radius 1 is 0.947 bits per heavy atom. The van der Waals surface area contributed by atoms with Crippen LogP contribution in [0.2, 0.25) is 10.0 Å². The number of fused-ring (bicyclic) bond motifs is 1. The summed E-state index contributed by atoms with van der Waals surface area (Å²) in [5.41, 5.74) is 2.08. The number of aromatic amines is 1. The molecule has 0 bridgehead atoms. The summed E-state index contributed by atoms with van der Waals surface area (Å²) in [6, 6.07) is 7.83. The van der Waals surface area contributed by atoms with Crippen LogP contribution in [0.15, 0.2) is 30.3 Å². The van der Waals surface area contributed by atoms with Crippen LogP contribution >= 0.6 is 23.2 Å². The van der Waals surface area contributed by atoms with Crippen molar-refractivity contribution in [1.29, 1.82) is 0 Å². The van der Waals surface area contributed by atoms with E-state index in [1.165, 1.54) is 12.1 Å². The molecule has 96 valence electrons. The van der Waals surface area contributed by atoms with Crippen LogP contribution in [0, 0.1) is 0 Å². The van der Waals surface area contributed by atoms with Crippen molar-refractivity contribution in [3.05, 3.63) is 40.4 Å². The summed E-state index contributed by atoms with van der Waals surface area (Å²) >= 11 is 11.9. The smallest absolute Gasteiger partial charge is 0.158 e. The van der Waals surface area contributed by atoms with E-state index in [1.807, 2.05) is 0 Å². The molecule has 3 rings (SSSR count). The maximum Gasteiger partial charge on any atom is 0.158 e. The molecule has 2 aromatic carbocycles. The van der Waals surface area contributed by atoms with Gasteiger partial charge in [0.15, 0.2) is 11.5 Å². The number of H-pyrrole nitrogens is 1. The van der Waals surface area contributed by atoms with Gasteiger partial charge in [-0.15, -0.1) is 0 Å². The van der Waals surface area contributed by atoms with Crippen molar-refractivity contribution in [3.63, 3.8) is 0 Å². The summed E-state index contributed by atoms with van der Waals surface area (Å²) in [6.07, 6.45) is 0. The number of benzene rings is 2. The van der Waals surface area contributed by atoms with E-state index in [0.717, 1.165) is 5.52 Å². The number of hydrogen-bond donors (Lipinski definition) is 3. The number of nitrogens with zero attached hydrogens (tertiary/aromatic N) is 1. The Morgan fingerprint density at radius 3 is 2.42 bits per heavy atom. The molecule has 0 unspecified atom stereocenters. The summed E-state index contributed by atoms with van der Waals surface area (Å²) in [5.74, 6) is 0.184. The van der Waals surface area contributed by atoms with Gasteiger partial charge in [-0.05, 0) is 30.3 Å². The van der Waals surface area contributed by atoms with E-state index in [4.69, 9.17) is 23.2 Å². The maximum atomic E-state index is 9.49. The van der Waals surface area contributed by atoms with Crippen LogP contribution in [0.3, 0.4) is 0 Å². The average molecular weight is 295 g/mol. The Bertz CT molecular complexity index is 745. The first-order valence-electron chi connectivity index (χ1n) is 5.42. The molecule has 1 aromatic heterocycles. The predicted octanol–water partition coefficient (Wildman–Crippen LogP) is 3.95. The van der Waals surface area contributed by atoms with Crippen LogP contribution in [-0.4, -0.2) is 20.2 Å². The zero-order chi connectivity index (χ0) is 13.6. The molecule has 0 amide bonds. The Balaban J connectivity index is 2.17. The molecule has 0 fully saturated rings. The minimum atomic E-state index is -0.200. The van der Waals surface area contributed by atoms with Crippen molar-refractivity contribution in [2.45, 2.75) is 0 Å². The minimum Gasteiger partial charge on any atom is -0.504 e. The molecule has 0 spiro atoms. The molecule has 0 aliphatic carbocycles. The molecule has 0 radical (unpaired) electrons. The first kappa shape index (κ1) is 12.1. The number of aromatic nitrogens is 2. The zero-order valence-electron chi connectivity index (χ0n) is 9.48. The molecule has 0 atom stereocenters. The highest BCUT2D eigenvalue weighted by molar-refractivity contribution is 6.42. The predicted molar refractivity (Wildman–Crippen MR) is 74.9 cm³/mol. The Hall–Kier alpha value is -1.91. The standard InChI is InChI=1S/C13H8Cl2N2O2/c14-7-4-9-10(5-8(7)15)17-13(16-9)6-1-2-11(18)12(19)3-6/h1-5,18-19H,(H,16,17). The highest BCUT2D eigenvalue weighted by Gasteiger charge is 2.10. The molecule has 0 aliphatic heterocycles. The molecule has 19 heavy (non-hydrogen) atoms. The lowest BCUT2D eigenvalue weighted by atomic mass is 10.2. The second kappa shape index (κ2) is 4.33. The van der Waals surface area contributed by atoms with Crippen molar-refractivity contribution in [3.8, 4) is 22.9 Å². The third kappa shape index (κ3) is 2.09. The van der Waals surface area contributed by atoms with Crippen LogP contribution in [0.5, 0.6) is 11.5 Å². The minimum absolute atomic E-state index is 0.175. The third-order valence-electron chi connectivity index (χ3n) is 2.77. The van der Waals surface area contributed by atoms with E-state index in [1.54, 1.807) is 18.2 Å². The van der Waals surface area contributed by atoms with Crippen LogP contribution in [-0.2, 0) is 0 Å². The van der Waals surface area contributed by atoms with Gasteiger partial charge in [-0.25, -0.2) is 4.98 Å². The Kier molecular flexibility index (Phi) is 2.77. The third-order valence-corrected chi connectivity index (χ3v) is 3.49. The van der Waals surface area contributed by atoms with Crippen LogP contribution in [0.25, 0.3) is 22.4 Å². The van der Waals surface area contributed by atoms with Crippen molar-refractivity contribution >= 4 is 34.2 Å². The number of phenols is 2. The van der Waals surface area contributed by atoms with E-state index in [2.05, 4.69) is 9.97 Å². The summed E-state index contributed by atoms with van der Waals surface area (Å²) < 4.78 is 0. The summed E-state index contributed by atoms with van der Waals surface area (Å²) in [5, 5.41) is 19.7. The maximum absolute atomic E-state index is 9.49. The molecule has 0 saturated heterocycles. The molecular weight excluding hydrogens is 287 g/mol. The monoisotopic (exact) mass is 294 g/mol. The van der Waals surface area contributed by atoms with Gasteiger partial charge in [0.1, 0.15) is 5.82 Å². The van der Waals surface area contributed by atoms with Gasteiger partial charge in [0.2, 0.25) is 0 Å². The van der Waals surface area contributed by atoms with Gasteiger partial charge in [0, 0.05) is 5.56 Å². The number of rotatable bonds is 1. The van der Waals surface area contributed by atoms with Gasteiger partial charge in [-0.1, -0.05) is 23.2 Å². The van der Waals surface area contributed by atoms with Crippen molar-refractivity contribution < 1.29 is 10.2 Å². The number of phenolic OH excluding ortho intramolecular Hbond substituents is 2. The number of halogens is 2. The molecular formula is C13H8Cl2N2O2. The highest BCUT2D eigenvalue weighted by Crippen LogP contribution is 2.32. The number of hydrogen-bond acceptors (Lipinski definition) is 3. The van der Waals surface area contributed by atoms with Gasteiger partial charge in [-0.3, -0.25) is 0 Å². The van der Waals surface area contributed by atoms with E-state index in [-0.39, 0.29) is 11.5 Å². The topological polar surface area (TPSA) is 69.1 Å². The lowest BCUT2D eigenvalue weighted by molar-refractivity contribution is 0.404. The second-order valence-electron chi connectivity index (χ2n) is 4.07. The molecule has 4 nitrogen and oxygen atoms in total. The molecule has 6 heteroatoms. The molecule has 3 aromatic rings. The fourth-order valence-electron chi connectivity index (χ4n) is 1.81. The van der Waals surface area contributed by atoms with E-state index in [9.17, 15) is 10.2 Å². The highest BCUT2D eigenvalue weighted by atomic mass is 35.5. The SMILES string of the molecule is Oc1ccc(-c2nc3cc(Cl)c(Cl)cc3[nH]2)cc1O. The van der Waals surface area contributed by atoms with Gasteiger partial charge in [0.05, 0.1) is 21.1 Å². The fourth-order valence-corrected chi connectivity index (χ4v) is 2.13. The Morgan fingerprint density at radius 2 is 1.68 bits per heavy atom. The van der Waals surface area contributed by atoms with Crippen molar-refractivity contribution in [2.24, 2.45) is 0 Å². The van der Waals surface area contributed by atoms with Crippen LogP contribution in [0.1, 0.15) is 0 Å². The van der Waals surface area contributed by atoms with Gasteiger partial charge < -0.3 is 15.2 Å². The average Bonchev–Trinajstić information content (AvgIpc) is 2.76. The van der Waals surface area contributed by atoms with E-state index < -0.39 is 0 Å². The lowest BCUT2D eigenvalue weighted by Gasteiger charge is -1.99. The molecule has 0 aliphatic rings. The fraction of sp³-hybridized carbons (Fsp3) is 0. The number of nitrogens with one attached hydrogen (secondary N) is 1. The van der Waals surface area contributed by atoms with E-state index in [0.29, 0.717) is 26.9 Å². The van der Waals surface area contributed by atoms with Gasteiger partial charge >= 0.3 is 0 Å². The van der Waals surface area contributed by atoms with Gasteiger partial charge in [-0.2, -0.15) is 0 Å². The normalized spacial score (nSPS) is 11.1. The lowest BCUT2D eigenvalue weighted by Crippen LogP contribution is -1.80. The first-order valence-corrected chi connectivity index (χ1v) is 6.17. The number of aromatic hydroxyl groups is 2. The zero-order valence-corrected chi connectivity index (χ0v) is 11.0. The largest absolute Gasteiger partial charge is 0.504 e. The molecule has 1 heterocycles. The number of imidazole rings is 1. The summed E-state index contributed by atoms with van der Waals surface area (Å²) in [7, 11) is 0. The summed E-state index contributed by atoms with van der Waals surface area (Å²) in [4.78, 5) is 7.44. The molecule has 3 N–H and O–H groups in total. The molecule has 0 saturated carbocycles. The van der Waals surface area contributed by atoms with Gasteiger partial charge in [0.25, 0.3) is 0 Å². The summed E-state index contributed by atoms with van der Waals surface area (Å²) in [6.45, 7) is 0. The Labute approximate surface area is 118 Å². The van der Waals surface area contributed by atoms with E-state index >= 15 is 0 Å². The second-order valence-corrected chi connectivity index (χ2v) is 4.89. The van der Waals surface area contributed by atoms with Crippen LogP contribution in [0.4, 0.5) is 0 Å². The first-order chi connectivity index (χ1) is 9.04. The van der Waals surface area contributed by atoms with Crippen molar-refractivity contribution in [2.75, 3.05) is 0 Å².